The fourth-order valence-electron chi connectivity index (χ4n) is 0.966. The molecule has 0 radical (unpaired) electrons. The summed E-state index contributed by atoms with van der Waals surface area (Å²) in [6, 6.07) is 6.00. The second-order valence-electron chi connectivity index (χ2n) is 2.58. The summed E-state index contributed by atoms with van der Waals surface area (Å²) in [6.07, 6.45) is 7.91. The number of pyridine rings is 1. The number of allylic oxidation sites excluding steroid dienone is 1. The van der Waals surface area contributed by atoms with Crippen LogP contribution in [0.2, 0.25) is 0 Å². The van der Waals surface area contributed by atoms with E-state index in [9.17, 15) is 0 Å². The van der Waals surface area contributed by atoms with Gasteiger partial charge in [0.15, 0.2) is 0 Å². The van der Waals surface area contributed by atoms with Crippen LogP contribution in [0.5, 0.6) is 0 Å². The molecule has 0 unspecified atom stereocenters. The summed E-state index contributed by atoms with van der Waals surface area (Å²) >= 11 is 1.66. The predicted octanol–water partition coefficient (Wildman–Crippen LogP) is 3.05. The average Bonchev–Trinajstić information content (AvgIpc) is 2.19. The van der Waals surface area contributed by atoms with Crippen LogP contribution >= 0.6 is 11.8 Å². The molecule has 0 aromatic carbocycles. The SMILES string of the molecule is CSC=C=CCCc1ccccn1. The summed E-state index contributed by atoms with van der Waals surface area (Å²) in [5.41, 5.74) is 4.23. The molecule has 2 heteroatoms. The summed E-state index contributed by atoms with van der Waals surface area (Å²) in [4.78, 5) is 4.23. The van der Waals surface area contributed by atoms with Gasteiger partial charge in [-0.2, -0.15) is 0 Å². The lowest BCUT2D eigenvalue weighted by Gasteiger charge is -1.93. The Labute approximate surface area is 83.6 Å². The number of aromatic nitrogens is 1. The molecule has 1 rings (SSSR count). The summed E-state index contributed by atoms with van der Waals surface area (Å²) in [7, 11) is 0. The molecule has 1 aromatic heterocycles. The Kier molecular flexibility index (Phi) is 5.07. The third-order valence-electron chi connectivity index (χ3n) is 1.57. The highest BCUT2D eigenvalue weighted by Gasteiger charge is 1.88. The molecule has 0 fully saturated rings. The zero-order valence-corrected chi connectivity index (χ0v) is 8.55. The highest BCUT2D eigenvalue weighted by atomic mass is 32.2. The van der Waals surface area contributed by atoms with Gasteiger partial charge in [0.05, 0.1) is 0 Å². The zero-order valence-electron chi connectivity index (χ0n) is 7.73. The Morgan fingerprint density at radius 2 is 2.46 bits per heavy atom. The first-order valence-electron chi connectivity index (χ1n) is 4.25. The maximum Gasteiger partial charge on any atom is 0.0406 e. The predicted molar refractivity (Wildman–Crippen MR) is 58.7 cm³/mol. The molecule has 68 valence electrons. The first-order chi connectivity index (χ1) is 6.43. The minimum Gasteiger partial charge on any atom is -0.261 e. The Bertz CT molecular complexity index is 286. The standard InChI is InChI=1S/C11H13NS/c1-13-10-6-2-3-7-11-8-4-5-9-12-11/h2,4-5,8-10H,3,7H2,1H3. The topological polar surface area (TPSA) is 12.9 Å². The monoisotopic (exact) mass is 191 g/mol. The van der Waals surface area contributed by atoms with E-state index >= 15 is 0 Å². The molecule has 0 N–H and O–H groups in total. The van der Waals surface area contributed by atoms with Crippen LogP contribution in [0.4, 0.5) is 0 Å². The van der Waals surface area contributed by atoms with Crippen LogP contribution in [0, 0.1) is 0 Å². The lowest BCUT2D eigenvalue weighted by Crippen LogP contribution is -1.85. The molecule has 0 aliphatic rings. The van der Waals surface area contributed by atoms with Gasteiger partial charge in [-0.1, -0.05) is 6.07 Å². The van der Waals surface area contributed by atoms with Crippen molar-refractivity contribution in [1.82, 2.24) is 4.98 Å². The van der Waals surface area contributed by atoms with Crippen molar-refractivity contribution in [2.45, 2.75) is 12.8 Å². The van der Waals surface area contributed by atoms with Crippen LogP contribution in [-0.4, -0.2) is 11.2 Å². The molecule has 1 aromatic rings. The molecule has 0 saturated heterocycles. The van der Waals surface area contributed by atoms with Crippen molar-refractivity contribution >= 4 is 11.8 Å². The number of thioether (sulfide) groups is 1. The summed E-state index contributed by atoms with van der Waals surface area (Å²) < 4.78 is 0. The highest BCUT2D eigenvalue weighted by molar-refractivity contribution is 8.01. The van der Waals surface area contributed by atoms with E-state index in [4.69, 9.17) is 0 Å². The zero-order chi connectivity index (χ0) is 9.36. The van der Waals surface area contributed by atoms with E-state index in [0.717, 1.165) is 18.5 Å². The van der Waals surface area contributed by atoms with Crippen molar-refractivity contribution in [2.75, 3.05) is 6.26 Å². The van der Waals surface area contributed by atoms with Crippen LogP contribution in [-0.2, 0) is 6.42 Å². The summed E-state index contributed by atoms with van der Waals surface area (Å²) in [5.74, 6) is 0. The molecule has 0 aliphatic heterocycles. The van der Waals surface area contributed by atoms with Crippen LogP contribution in [0.15, 0.2) is 41.6 Å². The molecule has 1 nitrogen and oxygen atoms in total. The van der Waals surface area contributed by atoms with E-state index in [2.05, 4.69) is 10.7 Å². The Morgan fingerprint density at radius 1 is 1.54 bits per heavy atom. The summed E-state index contributed by atoms with van der Waals surface area (Å²) in [6.45, 7) is 0. The van der Waals surface area contributed by atoms with Crippen LogP contribution in [0.25, 0.3) is 0 Å². The maximum absolute atomic E-state index is 4.23. The van der Waals surface area contributed by atoms with Crippen molar-refractivity contribution in [2.24, 2.45) is 0 Å². The number of aryl methyl sites for hydroxylation is 1. The van der Waals surface area contributed by atoms with Crippen molar-refractivity contribution in [1.29, 1.82) is 0 Å². The molecule has 0 spiro atoms. The molecular weight excluding hydrogens is 178 g/mol. The van der Waals surface area contributed by atoms with Crippen LogP contribution in [0.3, 0.4) is 0 Å². The molecule has 0 saturated carbocycles. The summed E-state index contributed by atoms with van der Waals surface area (Å²) in [5, 5.41) is 1.96. The van der Waals surface area contributed by atoms with E-state index in [-0.39, 0.29) is 0 Å². The molecular formula is C11H13NS. The van der Waals surface area contributed by atoms with Crippen molar-refractivity contribution in [3.63, 3.8) is 0 Å². The van der Waals surface area contributed by atoms with Gasteiger partial charge in [-0.3, -0.25) is 4.98 Å². The average molecular weight is 191 g/mol. The molecule has 0 amide bonds. The van der Waals surface area contributed by atoms with E-state index in [0.29, 0.717) is 0 Å². The molecule has 0 aliphatic carbocycles. The fraction of sp³-hybridized carbons (Fsp3) is 0.273. The third kappa shape index (κ3) is 4.56. The third-order valence-corrected chi connectivity index (χ3v) is 1.95. The van der Waals surface area contributed by atoms with Crippen molar-refractivity contribution < 1.29 is 0 Å². The van der Waals surface area contributed by atoms with Gasteiger partial charge in [0.25, 0.3) is 0 Å². The van der Waals surface area contributed by atoms with Crippen molar-refractivity contribution in [3.05, 3.63) is 47.3 Å². The molecule has 0 atom stereocenters. The van der Waals surface area contributed by atoms with E-state index in [1.807, 2.05) is 42.1 Å². The lowest BCUT2D eigenvalue weighted by molar-refractivity contribution is 0.945. The molecule has 0 bridgehead atoms. The van der Waals surface area contributed by atoms with Gasteiger partial charge in [0.1, 0.15) is 0 Å². The van der Waals surface area contributed by atoms with Gasteiger partial charge in [0, 0.05) is 17.3 Å². The van der Waals surface area contributed by atoms with Gasteiger partial charge < -0.3 is 0 Å². The van der Waals surface area contributed by atoms with Gasteiger partial charge in [-0.15, -0.1) is 17.5 Å². The number of hydrogen-bond acceptors (Lipinski definition) is 2. The number of hydrogen-bond donors (Lipinski definition) is 0. The van der Waals surface area contributed by atoms with Gasteiger partial charge in [0.2, 0.25) is 0 Å². The van der Waals surface area contributed by atoms with Gasteiger partial charge in [-0.25, -0.2) is 0 Å². The second kappa shape index (κ2) is 6.53. The number of rotatable bonds is 4. The van der Waals surface area contributed by atoms with E-state index in [1.54, 1.807) is 11.8 Å². The van der Waals surface area contributed by atoms with Crippen molar-refractivity contribution in [3.8, 4) is 0 Å². The second-order valence-corrected chi connectivity index (χ2v) is 3.29. The van der Waals surface area contributed by atoms with Gasteiger partial charge in [-0.05, 0) is 37.3 Å². The molecule has 13 heavy (non-hydrogen) atoms. The normalized spacial score (nSPS) is 9.00. The first-order valence-corrected chi connectivity index (χ1v) is 5.54. The van der Waals surface area contributed by atoms with E-state index < -0.39 is 0 Å². The largest absolute Gasteiger partial charge is 0.261 e. The Hall–Kier alpha value is -0.980. The highest BCUT2D eigenvalue weighted by Crippen LogP contribution is 1.99. The Balaban J connectivity index is 2.32. The minimum atomic E-state index is 0.996. The molecule has 1 heterocycles. The minimum absolute atomic E-state index is 0.996. The Morgan fingerprint density at radius 3 is 3.15 bits per heavy atom. The number of nitrogens with zero attached hydrogens (tertiary/aromatic N) is 1. The maximum atomic E-state index is 4.23. The lowest BCUT2D eigenvalue weighted by atomic mass is 10.2. The van der Waals surface area contributed by atoms with Crippen LogP contribution in [0.1, 0.15) is 12.1 Å². The van der Waals surface area contributed by atoms with E-state index in [1.165, 1.54) is 0 Å². The smallest absolute Gasteiger partial charge is 0.0406 e. The van der Waals surface area contributed by atoms with Gasteiger partial charge >= 0.3 is 0 Å². The van der Waals surface area contributed by atoms with Crippen LogP contribution < -0.4 is 0 Å². The quantitative estimate of drug-likeness (QED) is 0.678. The first kappa shape index (κ1) is 10.1. The fourth-order valence-corrected chi connectivity index (χ4v) is 1.20.